The van der Waals surface area contributed by atoms with Crippen molar-refractivity contribution in [2.75, 3.05) is 0 Å². The number of hydrogen-bond acceptors (Lipinski definition) is 0. The molecule has 0 saturated carbocycles. The fourth-order valence-corrected chi connectivity index (χ4v) is 3.71. The van der Waals surface area contributed by atoms with Crippen LogP contribution in [0.3, 0.4) is 0 Å². The van der Waals surface area contributed by atoms with Gasteiger partial charge in [0.05, 0.1) is 0 Å². The molecule has 1 atom stereocenters. The van der Waals surface area contributed by atoms with E-state index in [1.54, 1.807) is 5.56 Å². The number of fused-ring (bicyclic) bond motifs is 3. The van der Waals surface area contributed by atoms with Crippen LogP contribution in [0.5, 0.6) is 0 Å². The van der Waals surface area contributed by atoms with Crippen molar-refractivity contribution in [1.29, 1.82) is 0 Å². The van der Waals surface area contributed by atoms with Crippen LogP contribution in [-0.4, -0.2) is 4.98 Å². The maximum atomic E-state index is 3.71. The van der Waals surface area contributed by atoms with Gasteiger partial charge in [0.1, 0.15) is 0 Å². The normalized spacial score (nSPS) is 17.9. The number of hydrogen-bond donors (Lipinski definition) is 1. The Hall–Kier alpha value is -2.02. The van der Waals surface area contributed by atoms with Crippen molar-refractivity contribution < 1.29 is 0 Å². The minimum absolute atomic E-state index is 0.530. The summed E-state index contributed by atoms with van der Waals surface area (Å²) in [6.45, 7) is 4.33. The van der Waals surface area contributed by atoms with Gasteiger partial charge in [-0.3, -0.25) is 0 Å². The highest BCUT2D eigenvalue weighted by Crippen LogP contribution is 2.39. The van der Waals surface area contributed by atoms with E-state index in [1.807, 2.05) is 0 Å². The highest BCUT2D eigenvalue weighted by atomic mass is 14.7. The molecular formula is C20H21N. The zero-order chi connectivity index (χ0) is 14.4. The van der Waals surface area contributed by atoms with Gasteiger partial charge in [0.15, 0.2) is 0 Å². The minimum atomic E-state index is 0.530. The average Bonchev–Trinajstić information content (AvgIpc) is 2.86. The fourth-order valence-electron chi connectivity index (χ4n) is 3.71. The Balaban J connectivity index is 1.88. The van der Waals surface area contributed by atoms with E-state index < -0.39 is 0 Å². The molecule has 0 saturated heterocycles. The van der Waals surface area contributed by atoms with E-state index in [0.717, 1.165) is 0 Å². The molecule has 21 heavy (non-hydrogen) atoms. The topological polar surface area (TPSA) is 15.8 Å². The summed E-state index contributed by atoms with van der Waals surface area (Å²) in [5.74, 6) is 0.530. The van der Waals surface area contributed by atoms with Crippen molar-refractivity contribution in [2.24, 2.45) is 0 Å². The Labute approximate surface area is 126 Å². The largest absolute Gasteiger partial charge is 0.358 e. The minimum Gasteiger partial charge on any atom is -0.358 e. The van der Waals surface area contributed by atoms with Gasteiger partial charge >= 0.3 is 0 Å². The first kappa shape index (κ1) is 12.7. The average molecular weight is 275 g/mol. The standard InChI is InChI=1S/C20H21N/c1-13-6-9-15(10-7-13)16-4-3-5-17-18-12-14(2)8-11-19(18)21-20(16)17/h6-12,16,21H,3-5H2,1-2H3/t16-/m0/s1. The number of aromatic nitrogens is 1. The SMILES string of the molecule is Cc1ccc([C@@H]2CCCc3c2[nH]c2ccc(C)cc32)cc1. The van der Waals surface area contributed by atoms with Gasteiger partial charge in [-0.1, -0.05) is 41.5 Å². The molecule has 4 rings (SSSR count). The van der Waals surface area contributed by atoms with Gasteiger partial charge in [0.25, 0.3) is 0 Å². The second kappa shape index (κ2) is 4.77. The zero-order valence-corrected chi connectivity index (χ0v) is 12.7. The lowest BCUT2D eigenvalue weighted by Crippen LogP contribution is -2.10. The third-order valence-corrected chi connectivity index (χ3v) is 4.84. The summed E-state index contributed by atoms with van der Waals surface area (Å²) in [5.41, 5.74) is 8.43. The molecular weight excluding hydrogens is 254 g/mol. The second-order valence-corrected chi connectivity index (χ2v) is 6.42. The van der Waals surface area contributed by atoms with Crippen molar-refractivity contribution in [1.82, 2.24) is 4.98 Å². The molecule has 1 nitrogen and oxygen atoms in total. The molecule has 1 aliphatic rings. The van der Waals surface area contributed by atoms with E-state index in [1.165, 1.54) is 52.5 Å². The first-order chi connectivity index (χ1) is 10.2. The Morgan fingerprint density at radius 2 is 1.71 bits per heavy atom. The molecule has 0 aliphatic heterocycles. The summed E-state index contributed by atoms with van der Waals surface area (Å²) in [6, 6.07) is 15.8. The van der Waals surface area contributed by atoms with Crippen molar-refractivity contribution in [2.45, 2.75) is 39.0 Å². The van der Waals surface area contributed by atoms with E-state index in [-0.39, 0.29) is 0 Å². The van der Waals surface area contributed by atoms with E-state index in [4.69, 9.17) is 0 Å². The number of aryl methyl sites for hydroxylation is 3. The quantitative estimate of drug-likeness (QED) is 0.624. The lowest BCUT2D eigenvalue weighted by atomic mass is 9.82. The molecule has 1 N–H and O–H groups in total. The molecule has 1 aliphatic carbocycles. The Kier molecular flexibility index (Phi) is 2.88. The predicted molar refractivity (Wildman–Crippen MR) is 89.0 cm³/mol. The molecule has 1 heterocycles. The highest BCUT2D eigenvalue weighted by molar-refractivity contribution is 5.86. The number of nitrogens with one attached hydrogen (secondary N) is 1. The van der Waals surface area contributed by atoms with Gasteiger partial charge in [-0.2, -0.15) is 0 Å². The summed E-state index contributed by atoms with van der Waals surface area (Å²) in [5, 5.41) is 1.43. The van der Waals surface area contributed by atoms with Crippen LogP contribution >= 0.6 is 0 Å². The maximum Gasteiger partial charge on any atom is 0.0459 e. The third-order valence-electron chi connectivity index (χ3n) is 4.84. The first-order valence-corrected chi connectivity index (χ1v) is 7.90. The molecule has 1 aromatic heterocycles. The van der Waals surface area contributed by atoms with Crippen LogP contribution in [0.25, 0.3) is 10.9 Å². The molecule has 0 bridgehead atoms. The fraction of sp³-hybridized carbons (Fsp3) is 0.300. The number of H-pyrrole nitrogens is 1. The van der Waals surface area contributed by atoms with Crippen molar-refractivity contribution in [3.8, 4) is 0 Å². The van der Waals surface area contributed by atoms with E-state index in [0.29, 0.717) is 5.92 Å². The summed E-state index contributed by atoms with van der Waals surface area (Å²) >= 11 is 0. The molecule has 2 aromatic carbocycles. The van der Waals surface area contributed by atoms with Crippen LogP contribution < -0.4 is 0 Å². The van der Waals surface area contributed by atoms with Crippen LogP contribution in [-0.2, 0) is 6.42 Å². The number of aromatic amines is 1. The van der Waals surface area contributed by atoms with Gasteiger partial charge in [0.2, 0.25) is 0 Å². The molecule has 1 heteroatoms. The summed E-state index contributed by atoms with van der Waals surface area (Å²) in [7, 11) is 0. The Morgan fingerprint density at radius 1 is 0.952 bits per heavy atom. The lowest BCUT2D eigenvalue weighted by molar-refractivity contribution is 0.608. The van der Waals surface area contributed by atoms with Crippen LogP contribution in [0, 0.1) is 13.8 Å². The maximum absolute atomic E-state index is 3.71. The monoisotopic (exact) mass is 275 g/mol. The van der Waals surface area contributed by atoms with Crippen LogP contribution in [0.2, 0.25) is 0 Å². The van der Waals surface area contributed by atoms with Gasteiger partial charge in [-0.15, -0.1) is 0 Å². The molecule has 0 unspecified atom stereocenters. The van der Waals surface area contributed by atoms with Crippen molar-refractivity contribution in [3.63, 3.8) is 0 Å². The predicted octanol–water partition coefficient (Wildman–Crippen LogP) is 5.25. The molecule has 0 spiro atoms. The number of benzene rings is 2. The number of rotatable bonds is 1. The molecule has 3 aromatic rings. The van der Waals surface area contributed by atoms with E-state index >= 15 is 0 Å². The second-order valence-electron chi connectivity index (χ2n) is 6.42. The van der Waals surface area contributed by atoms with Gasteiger partial charge < -0.3 is 4.98 Å². The summed E-state index contributed by atoms with van der Waals surface area (Å²) in [6.07, 6.45) is 3.75. The van der Waals surface area contributed by atoms with Crippen molar-refractivity contribution in [3.05, 3.63) is 70.4 Å². The summed E-state index contributed by atoms with van der Waals surface area (Å²) < 4.78 is 0. The van der Waals surface area contributed by atoms with E-state index in [9.17, 15) is 0 Å². The van der Waals surface area contributed by atoms with Gasteiger partial charge in [0, 0.05) is 22.5 Å². The molecule has 0 radical (unpaired) electrons. The Morgan fingerprint density at radius 3 is 2.52 bits per heavy atom. The van der Waals surface area contributed by atoms with Gasteiger partial charge in [-0.05, 0) is 56.4 Å². The zero-order valence-electron chi connectivity index (χ0n) is 12.7. The van der Waals surface area contributed by atoms with Gasteiger partial charge in [-0.25, -0.2) is 0 Å². The highest BCUT2D eigenvalue weighted by Gasteiger charge is 2.25. The first-order valence-electron chi connectivity index (χ1n) is 7.90. The molecule has 106 valence electrons. The molecule has 0 amide bonds. The Bertz CT molecular complexity index is 793. The van der Waals surface area contributed by atoms with Crippen LogP contribution in [0.1, 0.15) is 46.7 Å². The van der Waals surface area contributed by atoms with E-state index in [2.05, 4.69) is 61.3 Å². The smallest absolute Gasteiger partial charge is 0.0459 e. The summed E-state index contributed by atoms with van der Waals surface area (Å²) in [4.78, 5) is 3.71. The van der Waals surface area contributed by atoms with Crippen LogP contribution in [0.15, 0.2) is 42.5 Å². The van der Waals surface area contributed by atoms with Crippen molar-refractivity contribution >= 4 is 10.9 Å². The lowest BCUT2D eigenvalue weighted by Gasteiger charge is -2.23. The third kappa shape index (κ3) is 2.08. The van der Waals surface area contributed by atoms with Crippen LogP contribution in [0.4, 0.5) is 0 Å². The molecule has 0 fully saturated rings.